The minimum absolute atomic E-state index is 1.88. The maximum atomic E-state index is 9.68. The van der Waals surface area contributed by atoms with Crippen molar-refractivity contribution in [2.75, 3.05) is 0 Å². The Labute approximate surface area is 47.0 Å². The van der Waals surface area contributed by atoms with Crippen molar-refractivity contribution in [1.82, 2.24) is 4.86 Å². The number of rotatable bonds is 2. The molecule has 0 aliphatic carbocycles. The maximum Gasteiger partial charge on any atom is 0.261 e. The first-order valence-corrected chi connectivity index (χ1v) is 5.29. The van der Waals surface area contributed by atoms with Crippen molar-refractivity contribution in [3.8, 4) is 0 Å². The molecule has 0 fully saturated rings. The van der Waals surface area contributed by atoms with E-state index in [4.69, 9.17) is 9.79 Å². The van der Waals surface area contributed by atoms with Gasteiger partial charge in [0.15, 0.2) is 0 Å². The van der Waals surface area contributed by atoms with Gasteiger partial charge in [0.1, 0.15) is 7.07 Å². The van der Waals surface area contributed by atoms with Gasteiger partial charge in [-0.25, -0.2) is 0 Å². The molecular formula is H5NO3P2S. The normalized spacial score (nSPS) is 18.6. The van der Waals surface area contributed by atoms with Crippen LogP contribution in [-0.2, 0) is 16.4 Å². The van der Waals surface area contributed by atoms with Gasteiger partial charge in [-0.2, -0.15) is 4.86 Å². The lowest BCUT2D eigenvalue weighted by Crippen LogP contribution is -1.84. The zero-order valence-corrected chi connectivity index (χ0v) is 6.03. The van der Waals surface area contributed by atoms with E-state index in [1.807, 2.05) is 4.86 Å². The van der Waals surface area contributed by atoms with Crippen molar-refractivity contribution < 1.29 is 14.4 Å². The van der Waals surface area contributed by atoms with Crippen molar-refractivity contribution in [3.63, 3.8) is 0 Å². The maximum absolute atomic E-state index is 9.68. The van der Waals surface area contributed by atoms with Gasteiger partial charge in [-0.05, 0) is 0 Å². The predicted molar refractivity (Wildman–Crippen MR) is 32.3 cm³/mol. The summed E-state index contributed by atoms with van der Waals surface area (Å²) in [5.41, 5.74) is 0. The van der Waals surface area contributed by atoms with E-state index in [1.54, 1.807) is 0 Å². The van der Waals surface area contributed by atoms with Crippen molar-refractivity contribution in [2.45, 2.75) is 0 Å². The van der Waals surface area contributed by atoms with Crippen molar-refractivity contribution >= 4 is 27.1 Å². The van der Waals surface area contributed by atoms with Crippen LogP contribution in [0, 0.1) is 0 Å². The van der Waals surface area contributed by atoms with E-state index in [0.717, 1.165) is 0 Å². The molecule has 0 aliphatic rings. The Balaban J connectivity index is 3.32. The Morgan fingerprint density at radius 3 is 2.00 bits per heavy atom. The summed E-state index contributed by atoms with van der Waals surface area (Å²) >= 11 is 4.17. The van der Waals surface area contributed by atoms with Crippen LogP contribution in [0.3, 0.4) is 0 Å². The first kappa shape index (κ1) is 7.76. The zero-order valence-electron chi connectivity index (χ0n) is 3.21. The molecule has 0 aromatic rings. The first-order valence-electron chi connectivity index (χ1n) is 1.36. The molecular weight excluding hydrogens is 156 g/mol. The van der Waals surface area contributed by atoms with Crippen LogP contribution in [0.1, 0.15) is 0 Å². The molecule has 44 valence electrons. The monoisotopic (exact) mass is 161 g/mol. The van der Waals surface area contributed by atoms with Crippen LogP contribution in [0.2, 0.25) is 0 Å². The molecule has 0 saturated heterocycles. The summed E-state index contributed by atoms with van der Waals surface area (Å²) < 4.78 is 9.68. The Morgan fingerprint density at radius 2 is 2.00 bits per heavy atom. The fourth-order valence-electron chi connectivity index (χ4n) is 0.0915. The van der Waals surface area contributed by atoms with Gasteiger partial charge in [0.05, 0.1) is 0 Å². The van der Waals surface area contributed by atoms with Crippen LogP contribution < -0.4 is 4.86 Å². The highest BCUT2D eigenvalue weighted by Gasteiger charge is 1.87. The van der Waals surface area contributed by atoms with Crippen LogP contribution in [0.25, 0.3) is 0 Å². The lowest BCUT2D eigenvalue weighted by Gasteiger charge is -1.91. The largest absolute Gasteiger partial charge is 0.356 e. The highest BCUT2D eigenvalue weighted by Crippen LogP contribution is 2.18. The molecule has 3 N–H and O–H groups in total. The Kier molecular flexibility index (Phi) is 4.13. The highest BCUT2D eigenvalue weighted by molar-refractivity contribution is 8.03. The van der Waals surface area contributed by atoms with Gasteiger partial charge in [-0.15, -0.1) is 0 Å². The minimum atomic E-state index is -2.74. The molecule has 4 nitrogen and oxygen atoms in total. The predicted octanol–water partition coefficient (Wildman–Crippen LogP) is -0.544. The number of nitrogens with one attached hydrogen (secondary N) is 1. The standard InChI is InChI=1S/H5NO3P2S/c2-5(3)1-6(4)7/h5-6H,(H3,1,2,3,4,7). The fraction of sp³-hybridized carbons (Fsp3) is 0. The second-order valence-electron chi connectivity index (χ2n) is 0.735. The zero-order chi connectivity index (χ0) is 5.86. The van der Waals surface area contributed by atoms with Gasteiger partial charge in [-0.3, -0.25) is 4.57 Å². The van der Waals surface area contributed by atoms with E-state index in [2.05, 4.69) is 11.8 Å². The van der Waals surface area contributed by atoms with Crippen LogP contribution >= 0.6 is 15.3 Å². The second kappa shape index (κ2) is 3.72. The third-order valence-corrected chi connectivity index (χ3v) is 2.84. The third-order valence-electron chi connectivity index (χ3n) is 0.214. The molecule has 0 aliphatic heterocycles. The van der Waals surface area contributed by atoms with Gasteiger partial charge >= 0.3 is 0 Å². The van der Waals surface area contributed by atoms with Gasteiger partial charge in [0.2, 0.25) is 0 Å². The molecule has 2 unspecified atom stereocenters. The molecule has 0 radical (unpaired) electrons. The van der Waals surface area contributed by atoms with Crippen molar-refractivity contribution in [2.24, 2.45) is 0 Å². The molecule has 0 heterocycles. The van der Waals surface area contributed by atoms with E-state index < -0.39 is 15.3 Å². The molecule has 0 rings (SSSR count). The molecule has 0 amide bonds. The average molecular weight is 161 g/mol. The summed E-state index contributed by atoms with van der Waals surface area (Å²) in [6.07, 6.45) is 0. The molecule has 0 aromatic heterocycles. The Bertz CT molecular complexity index is 89.1. The van der Waals surface area contributed by atoms with Gasteiger partial charge in [0.25, 0.3) is 8.18 Å². The van der Waals surface area contributed by atoms with Crippen molar-refractivity contribution in [3.05, 3.63) is 0 Å². The van der Waals surface area contributed by atoms with E-state index >= 15 is 0 Å². The molecule has 0 saturated carbocycles. The molecule has 0 spiro atoms. The van der Waals surface area contributed by atoms with Crippen LogP contribution in [0.15, 0.2) is 0 Å². The second-order valence-corrected chi connectivity index (χ2v) is 4.12. The molecule has 0 aromatic carbocycles. The third kappa shape index (κ3) is 6.76. The Hall–Kier alpha value is 0.760. The van der Waals surface area contributed by atoms with Crippen LogP contribution in [-0.4, -0.2) is 9.79 Å². The Morgan fingerprint density at radius 1 is 1.57 bits per heavy atom. The fourth-order valence-corrected chi connectivity index (χ4v) is 1.61. The van der Waals surface area contributed by atoms with E-state index in [0.29, 0.717) is 0 Å². The van der Waals surface area contributed by atoms with Crippen molar-refractivity contribution in [1.29, 1.82) is 0 Å². The summed E-state index contributed by atoms with van der Waals surface area (Å²) in [4.78, 5) is 18.0. The van der Waals surface area contributed by atoms with Gasteiger partial charge in [0, 0.05) is 0 Å². The van der Waals surface area contributed by atoms with Gasteiger partial charge < -0.3 is 9.79 Å². The molecule has 7 heavy (non-hydrogen) atoms. The lowest BCUT2D eigenvalue weighted by atomic mass is 13.9. The lowest BCUT2D eigenvalue weighted by molar-refractivity contribution is 0.498. The summed E-state index contributed by atoms with van der Waals surface area (Å²) in [5.74, 6) is 0. The molecule has 0 bridgehead atoms. The van der Waals surface area contributed by atoms with E-state index in [9.17, 15) is 4.57 Å². The topological polar surface area (TPSA) is 69.6 Å². The summed E-state index contributed by atoms with van der Waals surface area (Å²) in [5, 5.41) is 0. The smallest absolute Gasteiger partial charge is 0.261 e. The van der Waals surface area contributed by atoms with E-state index in [-0.39, 0.29) is 0 Å². The SMILES string of the molecule is O=[PH](O)N[PH](O)=S. The van der Waals surface area contributed by atoms with Crippen LogP contribution in [0.5, 0.6) is 0 Å². The average Bonchev–Trinajstić information content (AvgIpc) is 1.27. The number of hydrogen-bond acceptors (Lipinski definition) is 2. The van der Waals surface area contributed by atoms with Gasteiger partial charge in [-0.1, -0.05) is 11.8 Å². The minimum Gasteiger partial charge on any atom is -0.356 e. The number of hydrogen-bond donors (Lipinski definition) is 3. The summed E-state index contributed by atoms with van der Waals surface area (Å²) in [6, 6.07) is 0. The molecule has 7 heteroatoms. The molecule has 2 atom stereocenters. The summed E-state index contributed by atoms with van der Waals surface area (Å²) in [7, 11) is -4.86. The highest BCUT2D eigenvalue weighted by atomic mass is 32.4. The quantitative estimate of drug-likeness (QED) is 0.474. The van der Waals surface area contributed by atoms with Crippen LogP contribution in [0.4, 0.5) is 0 Å². The first-order chi connectivity index (χ1) is 3.13. The summed E-state index contributed by atoms with van der Waals surface area (Å²) in [6.45, 7) is 0. The van der Waals surface area contributed by atoms with E-state index in [1.165, 1.54) is 0 Å².